The zero-order chi connectivity index (χ0) is 40.0. The van der Waals surface area contributed by atoms with Gasteiger partial charge in [-0.1, -0.05) is 95.8 Å². The van der Waals surface area contributed by atoms with Crippen molar-refractivity contribution in [3.05, 3.63) is 117 Å². The van der Waals surface area contributed by atoms with E-state index in [-0.39, 0.29) is 135 Å². The molecule has 0 saturated heterocycles. The molecular weight excluding hydrogens is 1180 g/mol. The van der Waals surface area contributed by atoms with E-state index in [4.69, 9.17) is 0 Å². The van der Waals surface area contributed by atoms with Crippen molar-refractivity contribution in [1.82, 2.24) is 0 Å². The van der Waals surface area contributed by atoms with Crippen LogP contribution < -0.4 is 61.3 Å². The summed E-state index contributed by atoms with van der Waals surface area (Å²) in [5.41, 5.74) is -5.43. The van der Waals surface area contributed by atoms with E-state index in [1.165, 1.54) is 0 Å². The Hall–Kier alpha value is -5.28. The summed E-state index contributed by atoms with van der Waals surface area (Å²) in [6.07, 6.45) is 0. The van der Waals surface area contributed by atoms with Crippen LogP contribution in [-0.4, -0.2) is 47.8 Å². The molecule has 64 heavy (non-hydrogen) atoms. The number of hydrogen-bond acceptors (Lipinski definition) is 20. The molecule has 0 aliphatic heterocycles. The van der Waals surface area contributed by atoms with Gasteiger partial charge in [0.25, 0.3) is 0 Å². The van der Waals surface area contributed by atoms with Crippen molar-refractivity contribution in [1.29, 1.82) is 0 Å². The van der Waals surface area contributed by atoms with Gasteiger partial charge in [-0.2, -0.15) is 0 Å². The zero-order valence-electron chi connectivity index (χ0n) is 30.4. The molecule has 32 heteroatoms. The smallest absolute Gasteiger partial charge is 0.872 e. The number of carboxylic acid groups (broad SMARTS) is 8. The molecule has 0 aliphatic rings. The number of carbonyl (C=O) groups is 8. The normalized spacial score (nSPS) is 7.75. The predicted molar refractivity (Wildman–Crippen MR) is 167 cm³/mol. The predicted octanol–water partition coefficient (Wildman–Crippen LogP) is -15.6. The minimum absolute atomic E-state index is 0. The third-order valence-corrected chi connectivity index (χ3v) is 5.82. The van der Waals surface area contributed by atoms with Gasteiger partial charge < -0.3 is 132 Å². The third kappa shape index (κ3) is 25.7. The van der Waals surface area contributed by atoms with Crippen LogP contribution in [0.1, 0.15) is 82.9 Å². The molecule has 26 nitrogen and oxygen atoms in total. The first-order valence-electron chi connectivity index (χ1n) is 13.1. The first-order chi connectivity index (χ1) is 24.1. The molecule has 18 N–H and O–H groups in total. The van der Waals surface area contributed by atoms with E-state index in [2.05, 4.69) is 0 Å². The maximum absolute atomic E-state index is 11.0. The molecule has 6 radical (unpaired) electrons. The second kappa shape index (κ2) is 41.7. The van der Waals surface area contributed by atoms with E-state index in [1.54, 1.807) is 0 Å². The van der Waals surface area contributed by atoms with Gasteiger partial charge >= 0.3 is 102 Å². The molecule has 0 atom stereocenters. The van der Waals surface area contributed by atoms with Gasteiger partial charge in [0.2, 0.25) is 0 Å². The largest absolute Gasteiger partial charge is 2.00 e. The molecule has 0 amide bonds. The van der Waals surface area contributed by atoms with E-state index < -0.39 is 115 Å². The zero-order valence-corrected chi connectivity index (χ0v) is 36.0. The Kier molecular flexibility index (Phi) is 58.4. The van der Waals surface area contributed by atoms with Crippen molar-refractivity contribution in [3.63, 3.8) is 0 Å². The summed E-state index contributed by atoms with van der Waals surface area (Å²) in [5.74, 6) is -18.0. The van der Waals surface area contributed by atoms with E-state index in [0.29, 0.717) is 0 Å². The SMILES string of the molecule is O=C([O-])c1cccc(C(=O)[O-])c1[O-].O=C([O-])c1cccc(C(=O)[O-])c1[O-].O=C([O-])c1cccc(C(=O)[O-])c1[O-].O=C([O-])c1cccc(C(=O)[O-])c1[O-].[Cu+2].[Cu+2].[Cu+2].[Cu+2].[Cu+2].[Cu+2].[OH3+].[OH3+].[OH3+].[OH3+].[OH3+].[OH3+]. The number of benzene rings is 4. The van der Waals surface area contributed by atoms with E-state index in [1.807, 2.05) is 0 Å². The van der Waals surface area contributed by atoms with Crippen molar-refractivity contribution >= 4 is 47.8 Å². The van der Waals surface area contributed by atoms with Gasteiger partial charge in [-0.15, -0.1) is 0 Å². The molecule has 4 rings (SSSR count). The number of rotatable bonds is 8. The van der Waals surface area contributed by atoms with Gasteiger partial charge in [0.1, 0.15) is 0 Å². The molecule has 0 spiro atoms. The van der Waals surface area contributed by atoms with Gasteiger partial charge in [-0.05, 0) is 44.5 Å². The van der Waals surface area contributed by atoms with Crippen LogP contribution in [0.15, 0.2) is 72.8 Å². The average Bonchev–Trinajstić information content (AvgIpc) is 3.05. The van der Waals surface area contributed by atoms with Crippen molar-refractivity contribution in [3.8, 4) is 23.0 Å². The van der Waals surface area contributed by atoms with Crippen LogP contribution >= 0.6 is 0 Å². The van der Waals surface area contributed by atoms with E-state index in [9.17, 15) is 99.6 Å². The Bertz CT molecular complexity index is 1680. The van der Waals surface area contributed by atoms with Crippen molar-refractivity contribution < 1.29 is 235 Å². The second-order valence-electron chi connectivity index (χ2n) is 9.03. The Morgan fingerprint density at radius 1 is 0.234 bits per heavy atom. The minimum atomic E-state index is -1.70. The quantitative estimate of drug-likeness (QED) is 0.117. The van der Waals surface area contributed by atoms with Crippen molar-refractivity contribution in [2.45, 2.75) is 0 Å². The Labute approximate surface area is 420 Å². The van der Waals surface area contributed by atoms with Gasteiger partial charge in [-0.25, -0.2) is 0 Å². The van der Waals surface area contributed by atoms with Crippen LogP contribution in [0.2, 0.25) is 0 Å². The minimum Gasteiger partial charge on any atom is -0.872 e. The first kappa shape index (κ1) is 89.6. The Morgan fingerprint density at radius 3 is 0.375 bits per heavy atom. The molecule has 0 aliphatic carbocycles. The first-order valence-corrected chi connectivity index (χ1v) is 13.1. The maximum atomic E-state index is 11.0. The summed E-state index contributed by atoms with van der Waals surface area (Å²) >= 11 is 0. The Balaban J connectivity index is -0.0000000530. The van der Waals surface area contributed by atoms with Gasteiger partial charge in [0, 0.05) is 0 Å². The molecule has 0 fully saturated rings. The van der Waals surface area contributed by atoms with Crippen LogP contribution in [0.5, 0.6) is 23.0 Å². The fourth-order valence-electron chi connectivity index (χ4n) is 3.43. The third-order valence-electron chi connectivity index (χ3n) is 5.82. The monoisotopic (exact) mass is 1210 g/mol. The second-order valence-corrected chi connectivity index (χ2v) is 9.03. The number of para-hydroxylation sites is 4. The van der Waals surface area contributed by atoms with Crippen molar-refractivity contribution in [2.24, 2.45) is 0 Å². The summed E-state index contributed by atoms with van der Waals surface area (Å²) in [5, 5.41) is 126. The summed E-state index contributed by atoms with van der Waals surface area (Å²) < 4.78 is 0. The molecule has 0 heterocycles. The van der Waals surface area contributed by atoms with Gasteiger partial charge in [0.15, 0.2) is 0 Å². The fourth-order valence-corrected chi connectivity index (χ4v) is 3.43. The molecule has 4 aromatic carbocycles. The molecule has 0 bridgehead atoms. The van der Waals surface area contributed by atoms with Gasteiger partial charge in [0.05, 0.1) is 47.8 Å². The number of carboxylic acids is 8. The van der Waals surface area contributed by atoms with Crippen LogP contribution in [0.25, 0.3) is 0 Å². The molecular formula is C32H30Cu6O26+6. The van der Waals surface area contributed by atoms with Crippen LogP contribution in [0, 0.1) is 0 Å². The molecule has 0 aromatic heterocycles. The number of carbonyl (C=O) groups excluding carboxylic acids is 8. The fraction of sp³-hybridized carbons (Fsp3) is 0. The van der Waals surface area contributed by atoms with E-state index in [0.717, 1.165) is 72.8 Å². The maximum Gasteiger partial charge on any atom is 2.00 e. The molecule has 0 unspecified atom stereocenters. The topological polar surface area (TPSA) is 611 Å². The summed E-state index contributed by atoms with van der Waals surface area (Å²) in [4.78, 5) is 82.2. The molecule has 374 valence electrons. The summed E-state index contributed by atoms with van der Waals surface area (Å²) in [7, 11) is 0. The standard InChI is InChI=1S/4C8H6O5.6Cu.6H2O/c4*9-6-4(7(10)11)2-1-3-5(6)8(12)13;;;;;;;;;;;;/h4*1-3,9H,(H,10,11)(H,12,13);;;;;;;6*1H2/q;;;;6*+2;;;;;;/p-6. The van der Waals surface area contributed by atoms with E-state index >= 15 is 0 Å². The van der Waals surface area contributed by atoms with Crippen molar-refractivity contribution in [2.75, 3.05) is 0 Å². The Morgan fingerprint density at radius 2 is 0.312 bits per heavy atom. The van der Waals surface area contributed by atoms with Crippen LogP contribution in [-0.2, 0) is 135 Å². The van der Waals surface area contributed by atoms with Gasteiger partial charge in [-0.3, -0.25) is 0 Å². The molecule has 0 saturated carbocycles. The number of aromatic carboxylic acids is 8. The van der Waals surface area contributed by atoms with Crippen LogP contribution in [0.3, 0.4) is 0 Å². The average molecular weight is 1210 g/mol. The summed E-state index contributed by atoms with van der Waals surface area (Å²) in [6, 6.07) is 12.4. The number of hydrogen-bond donors (Lipinski definition) is 0. The van der Waals surface area contributed by atoms with Crippen LogP contribution in [0.4, 0.5) is 0 Å². The summed E-state index contributed by atoms with van der Waals surface area (Å²) in [6.45, 7) is 0. The molecule has 4 aromatic rings.